The molecule has 0 radical (unpaired) electrons. The third-order valence-electron chi connectivity index (χ3n) is 6.16. The first-order valence-electron chi connectivity index (χ1n) is 10.7. The molecule has 0 atom stereocenters. The van der Waals surface area contributed by atoms with Gasteiger partial charge in [0, 0.05) is 56.8 Å². The molecule has 6 nitrogen and oxygen atoms in total. The molecule has 2 aliphatic heterocycles. The molecule has 2 aromatic carbocycles. The van der Waals surface area contributed by atoms with Gasteiger partial charge in [0.2, 0.25) is 15.9 Å². The van der Waals surface area contributed by atoms with Crippen molar-refractivity contribution in [2.24, 2.45) is 5.92 Å². The minimum atomic E-state index is -3.48. The van der Waals surface area contributed by atoms with Crippen LogP contribution in [0.3, 0.4) is 0 Å². The zero-order valence-corrected chi connectivity index (χ0v) is 19.1. The summed E-state index contributed by atoms with van der Waals surface area (Å²) in [4.78, 5) is 17.6. The van der Waals surface area contributed by atoms with Crippen LogP contribution in [0.4, 0.5) is 0 Å². The number of sulfonamides is 1. The van der Waals surface area contributed by atoms with E-state index in [0.717, 1.165) is 24.7 Å². The number of benzene rings is 2. The van der Waals surface area contributed by atoms with Crippen molar-refractivity contribution in [3.8, 4) is 0 Å². The molecule has 2 fully saturated rings. The lowest BCUT2D eigenvalue weighted by Gasteiger charge is -2.38. The van der Waals surface area contributed by atoms with Crippen LogP contribution in [0.15, 0.2) is 59.5 Å². The van der Waals surface area contributed by atoms with E-state index in [1.165, 1.54) is 9.87 Å². The quantitative estimate of drug-likeness (QED) is 0.686. The van der Waals surface area contributed by atoms with Gasteiger partial charge in [0.05, 0.1) is 4.90 Å². The first-order valence-corrected chi connectivity index (χ1v) is 12.6. The molecule has 2 heterocycles. The van der Waals surface area contributed by atoms with E-state index in [0.29, 0.717) is 43.9 Å². The highest BCUT2D eigenvalue weighted by Crippen LogP contribution is 2.25. The molecule has 2 aromatic rings. The molecule has 0 N–H and O–H groups in total. The summed E-state index contributed by atoms with van der Waals surface area (Å²) in [6.07, 6.45) is 1.15. The van der Waals surface area contributed by atoms with Crippen LogP contribution in [0.25, 0.3) is 0 Å². The van der Waals surface area contributed by atoms with Crippen LogP contribution in [0.2, 0.25) is 5.02 Å². The summed E-state index contributed by atoms with van der Waals surface area (Å²) in [6, 6.07) is 16.4. The van der Waals surface area contributed by atoms with Gasteiger partial charge in [-0.25, -0.2) is 8.42 Å². The molecular formula is C23H28ClN3O3S. The van der Waals surface area contributed by atoms with Gasteiger partial charge in [0.25, 0.3) is 0 Å². The molecule has 0 bridgehead atoms. The van der Waals surface area contributed by atoms with E-state index in [9.17, 15) is 13.2 Å². The van der Waals surface area contributed by atoms with Gasteiger partial charge in [-0.3, -0.25) is 9.69 Å². The Hall–Kier alpha value is -1.93. The first kappa shape index (κ1) is 22.3. The summed E-state index contributed by atoms with van der Waals surface area (Å²) in [5.74, 6) is 0.0702. The maximum atomic E-state index is 13.0. The second-order valence-corrected chi connectivity index (χ2v) is 10.6. The fourth-order valence-corrected chi connectivity index (χ4v) is 6.07. The van der Waals surface area contributed by atoms with E-state index in [1.807, 2.05) is 23.1 Å². The van der Waals surface area contributed by atoms with Crippen LogP contribution in [0.1, 0.15) is 18.4 Å². The van der Waals surface area contributed by atoms with Gasteiger partial charge in [-0.15, -0.1) is 0 Å². The summed E-state index contributed by atoms with van der Waals surface area (Å²) >= 11 is 6.07. The summed E-state index contributed by atoms with van der Waals surface area (Å²) < 4.78 is 27.1. The number of carbonyl (C=O) groups excluding carboxylic acids is 1. The van der Waals surface area contributed by atoms with Gasteiger partial charge in [0.1, 0.15) is 0 Å². The second kappa shape index (κ2) is 9.69. The molecule has 0 aromatic heterocycles. The van der Waals surface area contributed by atoms with E-state index in [1.54, 1.807) is 30.3 Å². The number of halogens is 1. The fraction of sp³-hybridized carbons (Fsp3) is 0.435. The highest BCUT2D eigenvalue weighted by Gasteiger charge is 2.34. The van der Waals surface area contributed by atoms with Gasteiger partial charge in [0.15, 0.2) is 0 Å². The minimum absolute atomic E-state index is 0.0956. The van der Waals surface area contributed by atoms with Crippen molar-refractivity contribution in [1.29, 1.82) is 0 Å². The number of amides is 1. The molecular weight excluding hydrogens is 434 g/mol. The molecule has 1 amide bonds. The lowest BCUT2D eigenvalue weighted by molar-refractivity contribution is -0.138. The maximum Gasteiger partial charge on any atom is 0.243 e. The molecule has 4 rings (SSSR count). The van der Waals surface area contributed by atoms with Crippen molar-refractivity contribution < 1.29 is 13.2 Å². The largest absolute Gasteiger partial charge is 0.340 e. The Morgan fingerprint density at radius 2 is 1.58 bits per heavy atom. The SMILES string of the molecule is O=C(C1CCN(S(=O)(=O)c2ccccc2)CC1)N1CCN(Cc2cccc(Cl)c2)CC1. The van der Waals surface area contributed by atoms with Crippen molar-refractivity contribution in [2.75, 3.05) is 39.3 Å². The van der Waals surface area contributed by atoms with Gasteiger partial charge in [-0.1, -0.05) is 41.9 Å². The molecule has 31 heavy (non-hydrogen) atoms. The van der Waals surface area contributed by atoms with Crippen LogP contribution < -0.4 is 0 Å². The lowest BCUT2D eigenvalue weighted by Crippen LogP contribution is -2.51. The predicted octanol–water partition coefficient (Wildman–Crippen LogP) is 3.09. The van der Waals surface area contributed by atoms with Crippen molar-refractivity contribution in [3.63, 3.8) is 0 Å². The smallest absolute Gasteiger partial charge is 0.243 e. The van der Waals surface area contributed by atoms with E-state index in [-0.39, 0.29) is 11.8 Å². The van der Waals surface area contributed by atoms with Crippen molar-refractivity contribution in [1.82, 2.24) is 14.1 Å². The summed E-state index contributed by atoms with van der Waals surface area (Å²) in [5.41, 5.74) is 1.18. The summed E-state index contributed by atoms with van der Waals surface area (Å²) in [7, 11) is -3.48. The molecule has 166 valence electrons. The average Bonchev–Trinajstić information content (AvgIpc) is 2.80. The molecule has 0 aliphatic carbocycles. The van der Waals surface area contributed by atoms with Gasteiger partial charge in [-0.05, 0) is 42.7 Å². The van der Waals surface area contributed by atoms with Crippen LogP contribution in [-0.2, 0) is 21.4 Å². The molecule has 0 saturated carbocycles. The highest BCUT2D eigenvalue weighted by molar-refractivity contribution is 7.89. The summed E-state index contributed by atoms with van der Waals surface area (Å²) in [5, 5.41) is 0.743. The van der Waals surface area contributed by atoms with E-state index >= 15 is 0 Å². The van der Waals surface area contributed by atoms with Crippen LogP contribution in [0.5, 0.6) is 0 Å². The Morgan fingerprint density at radius 3 is 2.23 bits per heavy atom. The Kier molecular flexibility index (Phi) is 6.96. The Bertz CT molecular complexity index is 1000. The van der Waals surface area contributed by atoms with Crippen LogP contribution in [0, 0.1) is 5.92 Å². The normalized spacial score (nSPS) is 19.5. The average molecular weight is 462 g/mol. The van der Waals surface area contributed by atoms with Gasteiger partial charge in [-0.2, -0.15) is 4.31 Å². The van der Waals surface area contributed by atoms with Crippen LogP contribution >= 0.6 is 11.6 Å². The predicted molar refractivity (Wildman–Crippen MR) is 121 cm³/mol. The second-order valence-electron chi connectivity index (χ2n) is 8.22. The van der Waals surface area contributed by atoms with Crippen LogP contribution in [-0.4, -0.2) is 67.7 Å². The highest BCUT2D eigenvalue weighted by atomic mass is 35.5. The third kappa shape index (κ3) is 5.29. The Morgan fingerprint density at radius 1 is 0.903 bits per heavy atom. The van der Waals surface area contributed by atoms with Crippen molar-refractivity contribution in [3.05, 3.63) is 65.2 Å². The monoisotopic (exact) mass is 461 g/mol. The van der Waals surface area contributed by atoms with Crippen molar-refractivity contribution in [2.45, 2.75) is 24.3 Å². The zero-order valence-electron chi connectivity index (χ0n) is 17.5. The fourth-order valence-electron chi connectivity index (χ4n) is 4.36. The Labute approximate surface area is 189 Å². The lowest BCUT2D eigenvalue weighted by atomic mass is 9.96. The minimum Gasteiger partial charge on any atom is -0.340 e. The zero-order chi connectivity index (χ0) is 21.8. The third-order valence-corrected chi connectivity index (χ3v) is 8.31. The number of hydrogen-bond donors (Lipinski definition) is 0. The number of piperidine rings is 1. The van der Waals surface area contributed by atoms with E-state index < -0.39 is 10.0 Å². The number of nitrogens with zero attached hydrogens (tertiary/aromatic N) is 3. The van der Waals surface area contributed by atoms with E-state index in [2.05, 4.69) is 11.0 Å². The number of piperazine rings is 1. The summed E-state index contributed by atoms with van der Waals surface area (Å²) in [6.45, 7) is 4.70. The molecule has 2 aliphatic rings. The molecule has 8 heteroatoms. The topological polar surface area (TPSA) is 60.9 Å². The van der Waals surface area contributed by atoms with E-state index in [4.69, 9.17) is 11.6 Å². The van der Waals surface area contributed by atoms with Crippen molar-refractivity contribution >= 4 is 27.5 Å². The standard InChI is InChI=1S/C23H28ClN3O3S/c24-21-6-4-5-19(17-21)18-25-13-15-26(16-14-25)23(28)20-9-11-27(12-10-20)31(29,30)22-7-2-1-3-8-22/h1-8,17,20H,9-16,18H2. The molecule has 0 unspecified atom stereocenters. The molecule has 0 spiro atoms. The Balaban J connectivity index is 1.27. The first-order chi connectivity index (χ1) is 14.9. The molecule has 2 saturated heterocycles. The number of rotatable bonds is 5. The number of hydrogen-bond acceptors (Lipinski definition) is 4. The number of carbonyl (C=O) groups is 1. The maximum absolute atomic E-state index is 13.0. The van der Waals surface area contributed by atoms with Gasteiger partial charge >= 0.3 is 0 Å². The van der Waals surface area contributed by atoms with Gasteiger partial charge < -0.3 is 4.90 Å².